The first-order chi connectivity index (χ1) is 15.8. The molecule has 170 valence electrons. The Morgan fingerprint density at radius 2 is 1.85 bits per heavy atom. The number of benzene rings is 2. The molecule has 7 nitrogen and oxygen atoms in total. The van der Waals surface area contributed by atoms with E-state index in [0.29, 0.717) is 26.2 Å². The van der Waals surface area contributed by atoms with Gasteiger partial charge in [-0.15, -0.1) is 0 Å². The van der Waals surface area contributed by atoms with Crippen LogP contribution in [-0.4, -0.2) is 36.3 Å². The highest BCUT2D eigenvalue weighted by Crippen LogP contribution is 2.31. The van der Waals surface area contributed by atoms with E-state index in [4.69, 9.17) is 4.74 Å². The number of carbonyl (C=O) groups excluding carboxylic acids is 1. The largest absolute Gasteiger partial charge is 0.508 e. The number of nitrogens with zero attached hydrogens (tertiary/aromatic N) is 3. The average Bonchev–Trinajstić information content (AvgIpc) is 3.08. The number of ether oxygens (including phenoxy) is 1. The van der Waals surface area contributed by atoms with Crippen LogP contribution in [0.25, 0.3) is 6.08 Å². The molecule has 0 saturated carbocycles. The fourth-order valence-corrected chi connectivity index (χ4v) is 4.83. The Balaban J connectivity index is 1.90. The van der Waals surface area contributed by atoms with Crippen molar-refractivity contribution in [3.63, 3.8) is 0 Å². The number of anilines is 1. The van der Waals surface area contributed by atoms with Crippen LogP contribution in [0.2, 0.25) is 0 Å². The van der Waals surface area contributed by atoms with E-state index in [-0.39, 0.29) is 17.9 Å². The lowest BCUT2D eigenvalue weighted by Gasteiger charge is -2.24. The molecule has 0 fully saturated rings. The zero-order chi connectivity index (χ0) is 23.7. The van der Waals surface area contributed by atoms with Gasteiger partial charge in [0.25, 0.3) is 5.56 Å². The smallest absolute Gasteiger partial charge is 0.338 e. The molecule has 1 unspecified atom stereocenters. The summed E-state index contributed by atoms with van der Waals surface area (Å²) in [5.41, 5.74) is 3.24. The number of carbonyl (C=O) groups is 1. The Kier molecular flexibility index (Phi) is 6.20. The molecule has 4 rings (SSSR count). The maximum Gasteiger partial charge on any atom is 0.338 e. The Morgan fingerprint density at radius 3 is 2.45 bits per heavy atom. The molecule has 2 heterocycles. The number of thiazole rings is 1. The third-order valence-corrected chi connectivity index (χ3v) is 6.42. The predicted molar refractivity (Wildman–Crippen MR) is 129 cm³/mol. The predicted octanol–water partition coefficient (Wildman–Crippen LogP) is 2.57. The van der Waals surface area contributed by atoms with Gasteiger partial charge in [-0.25, -0.2) is 9.79 Å². The highest BCUT2D eigenvalue weighted by atomic mass is 32.1. The summed E-state index contributed by atoms with van der Waals surface area (Å²) in [6.45, 7) is 3.70. The lowest BCUT2D eigenvalue weighted by atomic mass is 9.96. The van der Waals surface area contributed by atoms with Gasteiger partial charge in [0.1, 0.15) is 5.75 Å². The molecular formula is C25H25N3O4S. The molecule has 0 bridgehead atoms. The highest BCUT2D eigenvalue weighted by Gasteiger charge is 2.33. The van der Waals surface area contributed by atoms with Crippen molar-refractivity contribution in [2.75, 3.05) is 25.6 Å². The number of hydrogen-bond donors (Lipinski definition) is 1. The van der Waals surface area contributed by atoms with Crippen LogP contribution in [0.4, 0.5) is 5.69 Å². The number of phenolic OH excluding ortho intramolecular Hbond substituents is 1. The minimum Gasteiger partial charge on any atom is -0.508 e. The van der Waals surface area contributed by atoms with Crippen LogP contribution >= 0.6 is 11.3 Å². The molecule has 1 N–H and O–H groups in total. The van der Waals surface area contributed by atoms with E-state index < -0.39 is 12.0 Å². The summed E-state index contributed by atoms with van der Waals surface area (Å²) in [5, 5.41) is 9.74. The van der Waals surface area contributed by atoms with E-state index in [1.165, 1.54) is 28.0 Å². The standard InChI is InChI=1S/C25H25N3O4S/c1-5-32-24(31)21-15(2)26-25-28(22(21)17-8-12-19(29)13-9-17)23(30)20(33-25)14-16-6-10-18(11-7-16)27(3)4/h6-14,22,29H,5H2,1-4H3/b20-14-. The molecule has 2 aromatic carbocycles. The summed E-state index contributed by atoms with van der Waals surface area (Å²) in [6.07, 6.45) is 1.83. The molecule has 0 saturated heterocycles. The van der Waals surface area contributed by atoms with Crippen molar-refractivity contribution in [2.45, 2.75) is 19.9 Å². The van der Waals surface area contributed by atoms with Gasteiger partial charge >= 0.3 is 5.97 Å². The molecule has 33 heavy (non-hydrogen) atoms. The van der Waals surface area contributed by atoms with Crippen molar-refractivity contribution in [3.05, 3.63) is 90.6 Å². The number of fused-ring (bicyclic) bond motifs is 1. The molecule has 1 atom stereocenters. The number of aromatic hydroxyl groups is 1. The van der Waals surface area contributed by atoms with E-state index in [9.17, 15) is 14.7 Å². The number of esters is 1. The molecule has 8 heteroatoms. The summed E-state index contributed by atoms with van der Waals surface area (Å²) in [6, 6.07) is 13.7. The zero-order valence-corrected chi connectivity index (χ0v) is 19.7. The van der Waals surface area contributed by atoms with E-state index in [1.54, 1.807) is 26.0 Å². The lowest BCUT2D eigenvalue weighted by Crippen LogP contribution is -2.39. The van der Waals surface area contributed by atoms with E-state index in [1.807, 2.05) is 49.3 Å². The van der Waals surface area contributed by atoms with Crippen LogP contribution in [0.15, 0.2) is 69.6 Å². The van der Waals surface area contributed by atoms with Gasteiger partial charge in [-0.1, -0.05) is 35.6 Å². The molecular weight excluding hydrogens is 438 g/mol. The molecule has 0 spiro atoms. The van der Waals surface area contributed by atoms with Crippen LogP contribution in [0, 0.1) is 0 Å². The number of aromatic nitrogens is 1. The molecule has 3 aromatic rings. The fraction of sp³-hybridized carbons (Fsp3) is 0.240. The summed E-state index contributed by atoms with van der Waals surface area (Å²) >= 11 is 1.28. The number of hydrogen-bond acceptors (Lipinski definition) is 7. The Morgan fingerprint density at radius 1 is 1.18 bits per heavy atom. The minimum atomic E-state index is -0.695. The van der Waals surface area contributed by atoms with Crippen LogP contribution in [0.3, 0.4) is 0 Å². The van der Waals surface area contributed by atoms with E-state index >= 15 is 0 Å². The van der Waals surface area contributed by atoms with Gasteiger partial charge in [-0.3, -0.25) is 9.36 Å². The first kappa shape index (κ1) is 22.5. The molecule has 1 aliphatic rings. The Bertz CT molecular complexity index is 1400. The van der Waals surface area contributed by atoms with Crippen molar-refractivity contribution in [1.82, 2.24) is 4.57 Å². The summed E-state index contributed by atoms with van der Waals surface area (Å²) < 4.78 is 7.34. The Hall–Kier alpha value is -3.65. The number of rotatable bonds is 5. The normalized spacial score (nSPS) is 15.8. The summed E-state index contributed by atoms with van der Waals surface area (Å²) in [5.74, 6) is -0.406. The van der Waals surface area contributed by atoms with Crippen molar-refractivity contribution >= 4 is 29.1 Å². The van der Waals surface area contributed by atoms with Crippen LogP contribution in [-0.2, 0) is 9.53 Å². The maximum atomic E-state index is 13.5. The second-order valence-corrected chi connectivity index (χ2v) is 8.89. The van der Waals surface area contributed by atoms with E-state index in [0.717, 1.165) is 11.3 Å². The molecule has 0 aliphatic carbocycles. The number of allylic oxidation sites excluding steroid dienone is 1. The van der Waals surface area contributed by atoms with Gasteiger partial charge in [0, 0.05) is 19.8 Å². The van der Waals surface area contributed by atoms with Gasteiger partial charge in [-0.2, -0.15) is 0 Å². The molecule has 1 aliphatic heterocycles. The van der Waals surface area contributed by atoms with Crippen LogP contribution in [0.5, 0.6) is 5.75 Å². The summed E-state index contributed by atoms with van der Waals surface area (Å²) in [4.78, 5) is 33.5. The monoisotopic (exact) mass is 463 g/mol. The molecule has 1 aromatic heterocycles. The molecule has 0 amide bonds. The molecule has 0 radical (unpaired) electrons. The second-order valence-electron chi connectivity index (χ2n) is 7.88. The van der Waals surface area contributed by atoms with Crippen molar-refractivity contribution in [2.24, 2.45) is 4.99 Å². The topological polar surface area (TPSA) is 84.1 Å². The third kappa shape index (κ3) is 4.34. The quantitative estimate of drug-likeness (QED) is 0.588. The third-order valence-electron chi connectivity index (χ3n) is 5.43. The van der Waals surface area contributed by atoms with Gasteiger partial charge in [0.05, 0.1) is 28.5 Å². The SMILES string of the molecule is CCOC(=O)C1=C(C)N=c2s/c(=C\c3ccc(N(C)C)cc3)c(=O)n2C1c1ccc(O)cc1. The van der Waals surface area contributed by atoms with Crippen LogP contribution < -0.4 is 19.8 Å². The van der Waals surface area contributed by atoms with Crippen molar-refractivity contribution in [1.29, 1.82) is 0 Å². The minimum absolute atomic E-state index is 0.103. The van der Waals surface area contributed by atoms with Crippen molar-refractivity contribution < 1.29 is 14.6 Å². The zero-order valence-electron chi connectivity index (χ0n) is 18.9. The van der Waals surface area contributed by atoms with Crippen LogP contribution in [0.1, 0.15) is 31.0 Å². The van der Waals surface area contributed by atoms with Gasteiger partial charge in [0.2, 0.25) is 0 Å². The fourth-order valence-electron chi connectivity index (χ4n) is 3.78. The summed E-state index contributed by atoms with van der Waals surface area (Å²) in [7, 11) is 3.94. The second kappa shape index (κ2) is 9.07. The lowest BCUT2D eigenvalue weighted by molar-refractivity contribution is -0.139. The van der Waals surface area contributed by atoms with Gasteiger partial charge in [0.15, 0.2) is 4.80 Å². The number of phenols is 1. The van der Waals surface area contributed by atoms with E-state index in [2.05, 4.69) is 4.99 Å². The first-order valence-electron chi connectivity index (χ1n) is 10.6. The highest BCUT2D eigenvalue weighted by molar-refractivity contribution is 7.07. The first-order valence-corrected chi connectivity index (χ1v) is 11.4. The van der Waals surface area contributed by atoms with Crippen molar-refractivity contribution in [3.8, 4) is 5.75 Å². The maximum absolute atomic E-state index is 13.5. The average molecular weight is 464 g/mol. The van der Waals surface area contributed by atoms with Gasteiger partial charge in [-0.05, 0) is 55.3 Å². The Labute approximate surface area is 195 Å². The van der Waals surface area contributed by atoms with Gasteiger partial charge < -0.3 is 14.7 Å².